The molecular weight excluding hydrogens is 228 g/mol. The average Bonchev–Trinajstić information content (AvgIpc) is 2.77. The fraction of sp³-hybridized carbons (Fsp3) is 0.300. The summed E-state index contributed by atoms with van der Waals surface area (Å²) >= 11 is 0. The second-order valence-corrected chi connectivity index (χ2v) is 3.63. The van der Waals surface area contributed by atoms with Gasteiger partial charge in [-0.2, -0.15) is 5.21 Å². The zero-order chi connectivity index (χ0) is 12.3. The van der Waals surface area contributed by atoms with Gasteiger partial charge in [0.25, 0.3) is 0 Å². The number of hydrogen-bond acceptors (Lipinski definition) is 4. The summed E-state index contributed by atoms with van der Waals surface area (Å²) in [6, 6.07) is 3.21. The predicted molar refractivity (Wildman–Crippen MR) is 55.8 cm³/mol. The van der Waals surface area contributed by atoms with Gasteiger partial charge in [-0.25, -0.2) is 8.78 Å². The summed E-state index contributed by atoms with van der Waals surface area (Å²) in [6.45, 7) is 2.17. The van der Waals surface area contributed by atoms with Crippen LogP contribution in [0.25, 0.3) is 0 Å². The topological polar surface area (TPSA) is 66.5 Å². The van der Waals surface area contributed by atoms with Crippen LogP contribution in [0, 0.1) is 11.6 Å². The summed E-state index contributed by atoms with van der Waals surface area (Å²) in [5.74, 6) is -0.685. The molecule has 5 nitrogen and oxygen atoms in total. The van der Waals surface area contributed by atoms with Crippen LogP contribution in [0.2, 0.25) is 0 Å². The molecule has 0 bridgehead atoms. The normalized spacial score (nSPS) is 12.6. The molecule has 2 rings (SSSR count). The maximum absolute atomic E-state index is 13.0. The third-order valence-electron chi connectivity index (χ3n) is 2.34. The van der Waals surface area contributed by atoms with Crippen molar-refractivity contribution in [3.05, 3.63) is 41.2 Å². The van der Waals surface area contributed by atoms with Crippen LogP contribution in [0.3, 0.4) is 0 Å². The average molecular weight is 239 g/mol. The van der Waals surface area contributed by atoms with E-state index in [4.69, 9.17) is 0 Å². The van der Waals surface area contributed by atoms with Crippen molar-refractivity contribution in [2.75, 3.05) is 0 Å². The van der Waals surface area contributed by atoms with Crippen LogP contribution in [-0.2, 0) is 6.54 Å². The number of rotatable bonds is 4. The minimum absolute atomic E-state index is 0.210. The van der Waals surface area contributed by atoms with E-state index in [1.807, 2.05) is 0 Å². The lowest BCUT2D eigenvalue weighted by molar-refractivity contribution is 0.538. The molecule has 90 valence electrons. The molecular formula is C10H11F2N5. The fourth-order valence-corrected chi connectivity index (χ4v) is 1.44. The standard InChI is InChI=1S/C10H11F2N5/c1-6(13-5-10-14-16-17-15-10)7-2-8(11)4-9(12)3-7/h2-4,6,13H,5H2,1H3,(H,14,15,16,17). The Bertz CT molecular complexity index is 465. The van der Waals surface area contributed by atoms with Crippen molar-refractivity contribution in [2.45, 2.75) is 19.5 Å². The van der Waals surface area contributed by atoms with Crippen LogP contribution < -0.4 is 5.32 Å². The van der Waals surface area contributed by atoms with E-state index in [-0.39, 0.29) is 6.04 Å². The summed E-state index contributed by atoms with van der Waals surface area (Å²) in [5.41, 5.74) is 0.533. The summed E-state index contributed by atoms with van der Waals surface area (Å²) in [4.78, 5) is 0. The van der Waals surface area contributed by atoms with E-state index in [2.05, 4.69) is 25.9 Å². The molecule has 0 fully saturated rings. The van der Waals surface area contributed by atoms with Gasteiger partial charge in [0.2, 0.25) is 0 Å². The van der Waals surface area contributed by atoms with Crippen molar-refractivity contribution >= 4 is 0 Å². The van der Waals surface area contributed by atoms with Gasteiger partial charge in [-0.1, -0.05) is 5.21 Å². The molecule has 0 aliphatic carbocycles. The summed E-state index contributed by atoms with van der Waals surface area (Å²) in [5, 5.41) is 16.3. The first-order valence-electron chi connectivity index (χ1n) is 5.07. The molecule has 2 aromatic rings. The van der Waals surface area contributed by atoms with Crippen LogP contribution in [0.1, 0.15) is 24.4 Å². The van der Waals surface area contributed by atoms with Crippen molar-refractivity contribution in [1.29, 1.82) is 0 Å². The molecule has 1 heterocycles. The predicted octanol–water partition coefficient (Wildman–Crippen LogP) is 1.33. The quantitative estimate of drug-likeness (QED) is 0.844. The maximum Gasteiger partial charge on any atom is 0.188 e. The van der Waals surface area contributed by atoms with E-state index in [0.29, 0.717) is 17.9 Å². The number of halogens is 2. The zero-order valence-electron chi connectivity index (χ0n) is 9.11. The van der Waals surface area contributed by atoms with Crippen molar-refractivity contribution in [1.82, 2.24) is 25.9 Å². The van der Waals surface area contributed by atoms with E-state index in [1.54, 1.807) is 6.92 Å². The van der Waals surface area contributed by atoms with Crippen molar-refractivity contribution in [3.63, 3.8) is 0 Å². The van der Waals surface area contributed by atoms with Crippen LogP contribution in [0.4, 0.5) is 8.78 Å². The highest BCUT2D eigenvalue weighted by Crippen LogP contribution is 2.15. The monoisotopic (exact) mass is 239 g/mol. The lowest BCUT2D eigenvalue weighted by Gasteiger charge is -2.12. The molecule has 0 amide bonds. The van der Waals surface area contributed by atoms with Gasteiger partial charge >= 0.3 is 0 Å². The molecule has 0 radical (unpaired) electrons. The van der Waals surface area contributed by atoms with Gasteiger partial charge in [0, 0.05) is 12.1 Å². The first-order chi connectivity index (χ1) is 8.15. The molecule has 7 heteroatoms. The van der Waals surface area contributed by atoms with E-state index in [9.17, 15) is 8.78 Å². The SMILES string of the molecule is CC(NCc1nn[nH]n1)c1cc(F)cc(F)c1. The Hall–Kier alpha value is -1.89. The summed E-state index contributed by atoms with van der Waals surface area (Å²) in [6.07, 6.45) is 0. The Morgan fingerprint density at radius 3 is 2.59 bits per heavy atom. The number of aromatic amines is 1. The lowest BCUT2D eigenvalue weighted by Crippen LogP contribution is -2.19. The van der Waals surface area contributed by atoms with E-state index < -0.39 is 11.6 Å². The molecule has 0 aliphatic rings. The van der Waals surface area contributed by atoms with Gasteiger partial charge in [-0.05, 0) is 24.6 Å². The van der Waals surface area contributed by atoms with E-state index in [1.165, 1.54) is 12.1 Å². The maximum atomic E-state index is 13.0. The minimum atomic E-state index is -0.590. The van der Waals surface area contributed by atoms with Crippen molar-refractivity contribution < 1.29 is 8.78 Å². The van der Waals surface area contributed by atoms with Gasteiger partial charge < -0.3 is 5.32 Å². The Balaban J connectivity index is 2.01. The molecule has 0 saturated heterocycles. The minimum Gasteiger partial charge on any atom is -0.303 e. The Labute approximate surface area is 96.2 Å². The number of tetrazole rings is 1. The summed E-state index contributed by atoms with van der Waals surface area (Å²) < 4.78 is 26.0. The highest BCUT2D eigenvalue weighted by molar-refractivity contribution is 5.20. The van der Waals surface area contributed by atoms with Crippen LogP contribution in [0.5, 0.6) is 0 Å². The fourth-order valence-electron chi connectivity index (χ4n) is 1.44. The third-order valence-corrected chi connectivity index (χ3v) is 2.34. The van der Waals surface area contributed by atoms with Gasteiger partial charge in [0.05, 0.1) is 6.54 Å². The molecule has 1 unspecified atom stereocenters. The van der Waals surface area contributed by atoms with Gasteiger partial charge in [0.15, 0.2) is 5.82 Å². The first-order valence-corrected chi connectivity index (χ1v) is 5.07. The molecule has 1 aromatic carbocycles. The number of nitrogens with zero attached hydrogens (tertiary/aromatic N) is 3. The molecule has 17 heavy (non-hydrogen) atoms. The van der Waals surface area contributed by atoms with Crippen LogP contribution in [0.15, 0.2) is 18.2 Å². The first kappa shape index (κ1) is 11.6. The summed E-state index contributed by atoms with van der Waals surface area (Å²) in [7, 11) is 0. The van der Waals surface area contributed by atoms with Crippen LogP contribution >= 0.6 is 0 Å². The molecule has 2 N–H and O–H groups in total. The number of nitrogens with one attached hydrogen (secondary N) is 2. The van der Waals surface area contributed by atoms with Gasteiger partial charge in [-0.15, -0.1) is 10.2 Å². The van der Waals surface area contributed by atoms with E-state index >= 15 is 0 Å². The smallest absolute Gasteiger partial charge is 0.188 e. The largest absolute Gasteiger partial charge is 0.303 e. The van der Waals surface area contributed by atoms with Gasteiger partial charge in [0.1, 0.15) is 11.6 Å². The molecule has 1 aromatic heterocycles. The van der Waals surface area contributed by atoms with Crippen LogP contribution in [-0.4, -0.2) is 20.6 Å². The lowest BCUT2D eigenvalue weighted by atomic mass is 10.1. The second kappa shape index (κ2) is 4.96. The molecule has 0 aliphatic heterocycles. The number of H-pyrrole nitrogens is 1. The molecule has 0 spiro atoms. The number of benzene rings is 1. The highest BCUT2D eigenvalue weighted by Gasteiger charge is 2.09. The van der Waals surface area contributed by atoms with Crippen molar-refractivity contribution in [3.8, 4) is 0 Å². The van der Waals surface area contributed by atoms with Crippen molar-refractivity contribution in [2.24, 2.45) is 0 Å². The number of hydrogen-bond donors (Lipinski definition) is 2. The molecule has 1 atom stereocenters. The van der Waals surface area contributed by atoms with Gasteiger partial charge in [-0.3, -0.25) is 0 Å². The third kappa shape index (κ3) is 3.04. The van der Waals surface area contributed by atoms with E-state index in [0.717, 1.165) is 6.07 Å². The molecule has 0 saturated carbocycles. The Morgan fingerprint density at radius 1 is 1.29 bits per heavy atom. The zero-order valence-corrected chi connectivity index (χ0v) is 9.11. The Kier molecular flexibility index (Phi) is 3.38. The second-order valence-electron chi connectivity index (χ2n) is 3.63. The highest BCUT2D eigenvalue weighted by atomic mass is 19.1. The number of aromatic nitrogens is 4. The Morgan fingerprint density at radius 2 is 2.00 bits per heavy atom.